The van der Waals surface area contributed by atoms with Gasteiger partial charge in [-0.05, 0) is 60.8 Å². The molecule has 0 aromatic carbocycles. The van der Waals surface area contributed by atoms with E-state index in [-0.39, 0.29) is 6.03 Å². The normalized spacial score (nSPS) is 17.8. The second-order valence-corrected chi connectivity index (χ2v) is 7.09. The van der Waals surface area contributed by atoms with E-state index in [1.165, 1.54) is 12.8 Å². The molecule has 0 saturated carbocycles. The SMILES string of the molecule is CCN(CC(C)(C)O)C(=O)NCCN1CCC(N(C)C)CC1. The first-order chi connectivity index (χ1) is 10.2. The van der Waals surface area contributed by atoms with Crippen LogP contribution in [0.1, 0.15) is 33.6 Å². The molecule has 0 bridgehead atoms. The maximum Gasteiger partial charge on any atom is 0.317 e. The molecule has 1 fully saturated rings. The van der Waals surface area contributed by atoms with E-state index in [2.05, 4.69) is 29.2 Å². The summed E-state index contributed by atoms with van der Waals surface area (Å²) in [6.07, 6.45) is 2.39. The maximum absolute atomic E-state index is 12.1. The second-order valence-electron chi connectivity index (χ2n) is 7.09. The van der Waals surface area contributed by atoms with Crippen molar-refractivity contribution in [3.63, 3.8) is 0 Å². The Hall–Kier alpha value is -0.850. The van der Waals surface area contributed by atoms with Crippen molar-refractivity contribution in [2.45, 2.75) is 45.3 Å². The van der Waals surface area contributed by atoms with Crippen LogP contribution in [0.5, 0.6) is 0 Å². The molecule has 1 aliphatic rings. The highest BCUT2D eigenvalue weighted by molar-refractivity contribution is 5.74. The van der Waals surface area contributed by atoms with Gasteiger partial charge in [0.1, 0.15) is 0 Å². The quantitative estimate of drug-likeness (QED) is 0.730. The molecule has 1 heterocycles. The van der Waals surface area contributed by atoms with E-state index in [0.29, 0.717) is 25.7 Å². The molecule has 2 amide bonds. The number of amides is 2. The van der Waals surface area contributed by atoms with Crippen molar-refractivity contribution in [3.05, 3.63) is 0 Å². The van der Waals surface area contributed by atoms with Crippen LogP contribution >= 0.6 is 0 Å². The van der Waals surface area contributed by atoms with Crippen molar-refractivity contribution in [2.24, 2.45) is 0 Å². The Balaban J connectivity index is 2.25. The minimum Gasteiger partial charge on any atom is -0.389 e. The molecule has 130 valence electrons. The molecule has 6 heteroatoms. The molecule has 1 saturated heterocycles. The molecule has 0 radical (unpaired) electrons. The molecule has 22 heavy (non-hydrogen) atoms. The lowest BCUT2D eigenvalue weighted by molar-refractivity contribution is 0.0478. The number of likely N-dealkylation sites (N-methyl/N-ethyl adjacent to an activating group) is 1. The highest BCUT2D eigenvalue weighted by Crippen LogP contribution is 2.13. The number of carbonyl (C=O) groups excluding carboxylic acids is 1. The van der Waals surface area contributed by atoms with Crippen molar-refractivity contribution in [2.75, 3.05) is 53.4 Å². The Labute approximate surface area is 135 Å². The molecular weight excluding hydrogens is 280 g/mol. The third-order valence-corrected chi connectivity index (χ3v) is 4.24. The van der Waals surface area contributed by atoms with Gasteiger partial charge in [-0.3, -0.25) is 0 Å². The van der Waals surface area contributed by atoms with Crippen LogP contribution in [-0.4, -0.2) is 90.8 Å². The smallest absolute Gasteiger partial charge is 0.317 e. The number of hydrogen-bond donors (Lipinski definition) is 2. The molecule has 2 N–H and O–H groups in total. The zero-order valence-corrected chi connectivity index (χ0v) is 14.9. The lowest BCUT2D eigenvalue weighted by Crippen LogP contribution is -2.49. The highest BCUT2D eigenvalue weighted by atomic mass is 16.3. The number of rotatable bonds is 7. The van der Waals surface area contributed by atoms with Gasteiger partial charge in [0.25, 0.3) is 0 Å². The van der Waals surface area contributed by atoms with E-state index in [1.807, 2.05) is 6.92 Å². The molecule has 0 atom stereocenters. The Morgan fingerprint density at radius 3 is 2.36 bits per heavy atom. The Bertz CT molecular complexity index is 334. The number of urea groups is 1. The number of carbonyl (C=O) groups is 1. The minimum absolute atomic E-state index is 0.0900. The zero-order chi connectivity index (χ0) is 16.8. The van der Waals surface area contributed by atoms with E-state index in [9.17, 15) is 9.90 Å². The fourth-order valence-corrected chi connectivity index (χ4v) is 2.89. The molecule has 6 nitrogen and oxygen atoms in total. The average Bonchev–Trinajstić information content (AvgIpc) is 2.44. The minimum atomic E-state index is -0.860. The van der Waals surface area contributed by atoms with Crippen molar-refractivity contribution in [1.29, 1.82) is 0 Å². The largest absolute Gasteiger partial charge is 0.389 e. The predicted molar refractivity (Wildman–Crippen MR) is 90.1 cm³/mol. The lowest BCUT2D eigenvalue weighted by Gasteiger charge is -2.35. The Kier molecular flexibility index (Phi) is 7.59. The average molecular weight is 314 g/mol. The number of nitrogens with one attached hydrogen (secondary N) is 1. The highest BCUT2D eigenvalue weighted by Gasteiger charge is 2.22. The summed E-state index contributed by atoms with van der Waals surface area (Å²) in [6, 6.07) is 0.598. The first-order valence-electron chi connectivity index (χ1n) is 8.37. The van der Waals surface area contributed by atoms with Crippen LogP contribution in [0.25, 0.3) is 0 Å². The van der Waals surface area contributed by atoms with Gasteiger partial charge in [-0.1, -0.05) is 0 Å². The van der Waals surface area contributed by atoms with E-state index in [4.69, 9.17) is 0 Å². The third-order valence-electron chi connectivity index (χ3n) is 4.24. The van der Waals surface area contributed by atoms with Crippen molar-refractivity contribution >= 4 is 6.03 Å². The molecule has 0 unspecified atom stereocenters. The van der Waals surface area contributed by atoms with Crippen LogP contribution in [0.3, 0.4) is 0 Å². The molecule has 0 spiro atoms. The lowest BCUT2D eigenvalue weighted by atomic mass is 10.0. The van der Waals surface area contributed by atoms with Gasteiger partial charge in [-0.25, -0.2) is 4.79 Å². The summed E-state index contributed by atoms with van der Waals surface area (Å²) < 4.78 is 0. The van der Waals surface area contributed by atoms with Crippen LogP contribution < -0.4 is 5.32 Å². The fourth-order valence-electron chi connectivity index (χ4n) is 2.89. The third kappa shape index (κ3) is 6.94. The van der Waals surface area contributed by atoms with Gasteiger partial charge in [0.2, 0.25) is 0 Å². The Morgan fingerprint density at radius 2 is 1.91 bits per heavy atom. The van der Waals surface area contributed by atoms with E-state index >= 15 is 0 Å². The Morgan fingerprint density at radius 1 is 1.32 bits per heavy atom. The summed E-state index contributed by atoms with van der Waals surface area (Å²) >= 11 is 0. The van der Waals surface area contributed by atoms with E-state index in [1.54, 1.807) is 18.7 Å². The fraction of sp³-hybridized carbons (Fsp3) is 0.938. The van der Waals surface area contributed by atoms with Gasteiger partial charge in [0.05, 0.1) is 12.1 Å². The van der Waals surface area contributed by atoms with Crippen LogP contribution in [-0.2, 0) is 0 Å². The second kappa shape index (κ2) is 8.70. The molecule has 0 aromatic heterocycles. The number of likely N-dealkylation sites (tertiary alicyclic amines) is 1. The van der Waals surface area contributed by atoms with Gasteiger partial charge in [-0.15, -0.1) is 0 Å². The standard InChI is InChI=1S/C16H34N4O2/c1-6-20(13-16(2,3)22)15(21)17-9-12-19-10-7-14(8-11-19)18(4)5/h14,22H,6-13H2,1-5H3,(H,17,21). The van der Waals surface area contributed by atoms with Crippen LogP contribution in [0, 0.1) is 0 Å². The van der Waals surface area contributed by atoms with E-state index < -0.39 is 5.60 Å². The molecule has 1 rings (SSSR count). The van der Waals surface area contributed by atoms with Crippen molar-refractivity contribution < 1.29 is 9.90 Å². The van der Waals surface area contributed by atoms with Gasteiger partial charge in [0, 0.05) is 25.7 Å². The van der Waals surface area contributed by atoms with E-state index in [0.717, 1.165) is 19.6 Å². The summed E-state index contributed by atoms with van der Waals surface area (Å²) in [5.41, 5.74) is -0.860. The summed E-state index contributed by atoms with van der Waals surface area (Å²) in [5.74, 6) is 0. The molecule has 0 aromatic rings. The topological polar surface area (TPSA) is 59.1 Å². The predicted octanol–water partition coefficient (Wildman–Crippen LogP) is 0.815. The molecule has 1 aliphatic heterocycles. The molecule has 0 aliphatic carbocycles. The summed E-state index contributed by atoms with van der Waals surface area (Å²) in [4.78, 5) is 18.5. The summed E-state index contributed by atoms with van der Waals surface area (Å²) in [7, 11) is 4.28. The maximum atomic E-state index is 12.1. The summed E-state index contributed by atoms with van der Waals surface area (Å²) in [5, 5.41) is 12.8. The monoisotopic (exact) mass is 314 g/mol. The van der Waals surface area contributed by atoms with Gasteiger partial charge >= 0.3 is 6.03 Å². The summed E-state index contributed by atoms with van der Waals surface area (Å²) in [6.45, 7) is 10.1. The number of hydrogen-bond acceptors (Lipinski definition) is 4. The van der Waals surface area contributed by atoms with Crippen LogP contribution in [0.2, 0.25) is 0 Å². The van der Waals surface area contributed by atoms with Gasteiger partial charge < -0.3 is 25.1 Å². The number of nitrogens with zero attached hydrogens (tertiary/aromatic N) is 3. The number of aliphatic hydroxyl groups is 1. The van der Waals surface area contributed by atoms with Gasteiger partial charge in [-0.2, -0.15) is 0 Å². The first kappa shape index (κ1) is 19.2. The van der Waals surface area contributed by atoms with Crippen molar-refractivity contribution in [1.82, 2.24) is 20.0 Å². The van der Waals surface area contributed by atoms with Gasteiger partial charge in [0.15, 0.2) is 0 Å². The van der Waals surface area contributed by atoms with Crippen LogP contribution in [0.15, 0.2) is 0 Å². The van der Waals surface area contributed by atoms with Crippen LogP contribution in [0.4, 0.5) is 4.79 Å². The van der Waals surface area contributed by atoms with Crippen molar-refractivity contribution in [3.8, 4) is 0 Å². The number of piperidine rings is 1. The first-order valence-corrected chi connectivity index (χ1v) is 8.37. The molecular formula is C16H34N4O2. The zero-order valence-electron chi connectivity index (χ0n) is 14.9.